The molecule has 0 bridgehead atoms. The summed E-state index contributed by atoms with van der Waals surface area (Å²) in [6.45, 7) is 0. The van der Waals surface area contributed by atoms with Gasteiger partial charge in [0.25, 0.3) is 0 Å². The number of amides is 1. The predicted molar refractivity (Wildman–Crippen MR) is 64.1 cm³/mol. The van der Waals surface area contributed by atoms with Gasteiger partial charge in [-0.25, -0.2) is 0 Å². The van der Waals surface area contributed by atoms with Crippen molar-refractivity contribution >= 4 is 12.0 Å². The van der Waals surface area contributed by atoms with E-state index in [9.17, 15) is 9.90 Å². The van der Waals surface area contributed by atoms with Gasteiger partial charge < -0.3 is 14.8 Å². The molecule has 0 spiro atoms. The summed E-state index contributed by atoms with van der Waals surface area (Å²) in [4.78, 5) is 11.6. The number of aliphatic hydroxyl groups is 1. The fourth-order valence-corrected chi connectivity index (χ4v) is 2.05. The summed E-state index contributed by atoms with van der Waals surface area (Å²) in [5.41, 5.74) is 0. The van der Waals surface area contributed by atoms with Crippen LogP contribution in [0.15, 0.2) is 28.9 Å². The summed E-state index contributed by atoms with van der Waals surface area (Å²) in [7, 11) is 0. The second-order valence-electron chi connectivity index (χ2n) is 4.32. The Morgan fingerprint density at radius 2 is 2.29 bits per heavy atom. The summed E-state index contributed by atoms with van der Waals surface area (Å²) in [6.07, 6.45) is 7.91. The minimum atomic E-state index is -0.412. The Bertz CT molecular complexity index is 383. The highest BCUT2D eigenvalue weighted by Gasteiger charge is 2.23. The van der Waals surface area contributed by atoms with Gasteiger partial charge in [-0.1, -0.05) is 12.8 Å². The average molecular weight is 235 g/mol. The molecule has 1 amide bonds. The van der Waals surface area contributed by atoms with Crippen LogP contribution in [0.2, 0.25) is 0 Å². The zero-order chi connectivity index (χ0) is 12.1. The normalized spacial score (nSPS) is 25.0. The maximum absolute atomic E-state index is 11.6. The molecular weight excluding hydrogens is 218 g/mol. The van der Waals surface area contributed by atoms with E-state index in [4.69, 9.17) is 4.42 Å². The maximum atomic E-state index is 11.6. The standard InChI is InChI=1S/C13H17NO3/c15-12-6-2-1-5-11(12)14-13(16)8-7-10-4-3-9-17-10/h3-4,7-9,11-12,15H,1-2,5-6H2,(H,14,16)/b8-7+/t11-,12-/m1/s1. The quantitative estimate of drug-likeness (QED) is 0.784. The zero-order valence-corrected chi connectivity index (χ0v) is 9.63. The van der Waals surface area contributed by atoms with E-state index in [1.54, 1.807) is 24.5 Å². The van der Waals surface area contributed by atoms with Crippen molar-refractivity contribution in [1.29, 1.82) is 0 Å². The summed E-state index contributed by atoms with van der Waals surface area (Å²) in [6, 6.07) is 3.43. The highest BCUT2D eigenvalue weighted by molar-refractivity contribution is 5.91. The van der Waals surface area contributed by atoms with Crippen molar-refractivity contribution in [1.82, 2.24) is 5.32 Å². The van der Waals surface area contributed by atoms with E-state index in [-0.39, 0.29) is 11.9 Å². The summed E-state index contributed by atoms with van der Waals surface area (Å²) < 4.78 is 5.08. The first-order valence-corrected chi connectivity index (χ1v) is 5.96. The third-order valence-electron chi connectivity index (χ3n) is 3.00. The van der Waals surface area contributed by atoms with Crippen LogP contribution in [0.25, 0.3) is 6.08 Å². The van der Waals surface area contributed by atoms with Gasteiger partial charge in [0.15, 0.2) is 0 Å². The van der Waals surface area contributed by atoms with Gasteiger partial charge in [0.1, 0.15) is 5.76 Å². The van der Waals surface area contributed by atoms with Gasteiger partial charge in [-0.15, -0.1) is 0 Å². The number of aliphatic hydroxyl groups excluding tert-OH is 1. The van der Waals surface area contributed by atoms with E-state index in [1.807, 2.05) is 0 Å². The Morgan fingerprint density at radius 3 is 3.00 bits per heavy atom. The molecule has 92 valence electrons. The lowest BCUT2D eigenvalue weighted by atomic mass is 9.92. The van der Waals surface area contributed by atoms with Crippen molar-refractivity contribution in [3.63, 3.8) is 0 Å². The first-order chi connectivity index (χ1) is 8.25. The smallest absolute Gasteiger partial charge is 0.244 e. The van der Waals surface area contributed by atoms with Gasteiger partial charge in [0, 0.05) is 6.08 Å². The van der Waals surface area contributed by atoms with E-state index in [0.717, 1.165) is 25.7 Å². The lowest BCUT2D eigenvalue weighted by Crippen LogP contribution is -2.44. The van der Waals surface area contributed by atoms with Crippen LogP contribution in [-0.4, -0.2) is 23.2 Å². The van der Waals surface area contributed by atoms with Gasteiger partial charge in [0.2, 0.25) is 5.91 Å². The number of hydrogen-bond donors (Lipinski definition) is 2. The van der Waals surface area contributed by atoms with Gasteiger partial charge in [0.05, 0.1) is 18.4 Å². The van der Waals surface area contributed by atoms with E-state index in [2.05, 4.69) is 5.32 Å². The Kier molecular flexibility index (Phi) is 3.98. The summed E-state index contributed by atoms with van der Waals surface area (Å²) >= 11 is 0. The molecular formula is C13H17NO3. The molecule has 1 aromatic rings. The molecule has 0 unspecified atom stereocenters. The van der Waals surface area contributed by atoms with E-state index < -0.39 is 6.10 Å². The fraction of sp³-hybridized carbons (Fsp3) is 0.462. The molecule has 0 saturated heterocycles. The molecule has 0 aromatic carbocycles. The van der Waals surface area contributed by atoms with Crippen LogP contribution in [-0.2, 0) is 4.79 Å². The predicted octanol–water partition coefficient (Wildman–Crippen LogP) is 1.71. The van der Waals surface area contributed by atoms with Crippen molar-refractivity contribution in [2.45, 2.75) is 37.8 Å². The lowest BCUT2D eigenvalue weighted by Gasteiger charge is -2.27. The zero-order valence-electron chi connectivity index (χ0n) is 9.63. The molecule has 0 radical (unpaired) electrons. The number of furan rings is 1. The van der Waals surface area contributed by atoms with Crippen LogP contribution in [0.3, 0.4) is 0 Å². The molecule has 2 atom stereocenters. The van der Waals surface area contributed by atoms with Crippen molar-refractivity contribution < 1.29 is 14.3 Å². The molecule has 2 rings (SSSR count). The third kappa shape index (κ3) is 3.46. The summed E-state index contributed by atoms with van der Waals surface area (Å²) in [5, 5.41) is 12.5. The highest BCUT2D eigenvalue weighted by atomic mass is 16.3. The van der Waals surface area contributed by atoms with E-state index >= 15 is 0 Å². The Morgan fingerprint density at radius 1 is 1.47 bits per heavy atom. The topological polar surface area (TPSA) is 62.5 Å². The third-order valence-corrected chi connectivity index (χ3v) is 3.00. The van der Waals surface area contributed by atoms with Crippen LogP contribution in [0.1, 0.15) is 31.4 Å². The van der Waals surface area contributed by atoms with Crippen molar-refractivity contribution in [2.75, 3.05) is 0 Å². The van der Waals surface area contributed by atoms with E-state index in [0.29, 0.717) is 5.76 Å². The van der Waals surface area contributed by atoms with E-state index in [1.165, 1.54) is 6.08 Å². The van der Waals surface area contributed by atoms with Crippen LogP contribution >= 0.6 is 0 Å². The second kappa shape index (κ2) is 5.68. The minimum Gasteiger partial charge on any atom is -0.465 e. The number of carbonyl (C=O) groups is 1. The van der Waals surface area contributed by atoms with Crippen LogP contribution in [0, 0.1) is 0 Å². The number of nitrogens with one attached hydrogen (secondary N) is 1. The molecule has 1 aliphatic rings. The van der Waals surface area contributed by atoms with Gasteiger partial charge >= 0.3 is 0 Å². The first kappa shape index (κ1) is 11.9. The molecule has 0 aliphatic heterocycles. The molecule has 1 aromatic heterocycles. The van der Waals surface area contributed by atoms with Crippen LogP contribution < -0.4 is 5.32 Å². The summed E-state index contributed by atoms with van der Waals surface area (Å²) in [5.74, 6) is 0.455. The Labute approximate surface area is 100 Å². The molecule has 1 fully saturated rings. The lowest BCUT2D eigenvalue weighted by molar-refractivity contribution is -0.118. The molecule has 2 N–H and O–H groups in total. The molecule has 1 heterocycles. The molecule has 4 heteroatoms. The average Bonchev–Trinajstić information content (AvgIpc) is 2.82. The molecule has 17 heavy (non-hydrogen) atoms. The number of rotatable bonds is 3. The fourth-order valence-electron chi connectivity index (χ4n) is 2.05. The monoisotopic (exact) mass is 235 g/mol. The number of hydrogen-bond acceptors (Lipinski definition) is 3. The Balaban J connectivity index is 1.84. The van der Waals surface area contributed by atoms with Gasteiger partial charge in [-0.3, -0.25) is 4.79 Å². The molecule has 1 aliphatic carbocycles. The molecule has 1 saturated carbocycles. The van der Waals surface area contributed by atoms with Crippen molar-refractivity contribution in [2.24, 2.45) is 0 Å². The number of carbonyl (C=O) groups excluding carboxylic acids is 1. The largest absolute Gasteiger partial charge is 0.465 e. The SMILES string of the molecule is O=C(/C=C/c1ccco1)N[C@@H]1CCCC[C@H]1O. The maximum Gasteiger partial charge on any atom is 0.244 e. The second-order valence-corrected chi connectivity index (χ2v) is 4.32. The van der Waals surface area contributed by atoms with Crippen molar-refractivity contribution in [3.05, 3.63) is 30.2 Å². The van der Waals surface area contributed by atoms with Crippen LogP contribution in [0.4, 0.5) is 0 Å². The Hall–Kier alpha value is -1.55. The minimum absolute atomic E-state index is 0.113. The molecule has 4 nitrogen and oxygen atoms in total. The first-order valence-electron chi connectivity index (χ1n) is 5.96. The van der Waals surface area contributed by atoms with Gasteiger partial charge in [-0.05, 0) is 31.1 Å². The highest BCUT2D eigenvalue weighted by Crippen LogP contribution is 2.18. The van der Waals surface area contributed by atoms with Crippen molar-refractivity contribution in [3.8, 4) is 0 Å². The van der Waals surface area contributed by atoms with Gasteiger partial charge in [-0.2, -0.15) is 0 Å². The van der Waals surface area contributed by atoms with Crippen LogP contribution in [0.5, 0.6) is 0 Å².